The van der Waals surface area contributed by atoms with Crippen molar-refractivity contribution in [1.82, 2.24) is 24.6 Å². The van der Waals surface area contributed by atoms with Gasteiger partial charge in [0, 0.05) is 38.2 Å². The van der Waals surface area contributed by atoms with Crippen LogP contribution in [0, 0.1) is 17.4 Å². The lowest BCUT2D eigenvalue weighted by atomic mass is 9.92. The molecule has 178 valence electrons. The SMILES string of the molecule is CC(C)C1CN(c2cnc3ccccc3n2)CCN1/C(=N\C#N)Nc1cc(C(C)(C)C)nn1C. The Morgan fingerprint density at radius 1 is 1.21 bits per heavy atom. The van der Waals surface area contributed by atoms with Gasteiger partial charge in [-0.25, -0.2) is 4.98 Å². The van der Waals surface area contributed by atoms with E-state index in [2.05, 4.69) is 64.8 Å². The highest BCUT2D eigenvalue weighted by atomic mass is 15.4. The van der Waals surface area contributed by atoms with Crippen LogP contribution in [-0.4, -0.2) is 56.3 Å². The normalized spacial score (nSPS) is 17.4. The number of fused-ring (bicyclic) bond motifs is 1. The fourth-order valence-corrected chi connectivity index (χ4v) is 4.23. The summed E-state index contributed by atoms with van der Waals surface area (Å²) < 4.78 is 1.80. The quantitative estimate of drug-likeness (QED) is 0.362. The highest BCUT2D eigenvalue weighted by Gasteiger charge is 2.33. The van der Waals surface area contributed by atoms with Crippen molar-refractivity contribution < 1.29 is 0 Å². The molecule has 0 bridgehead atoms. The molecule has 0 aliphatic carbocycles. The minimum absolute atomic E-state index is 0.0722. The van der Waals surface area contributed by atoms with Crippen molar-refractivity contribution in [2.45, 2.75) is 46.1 Å². The van der Waals surface area contributed by atoms with Crippen molar-refractivity contribution in [1.29, 1.82) is 5.26 Å². The number of para-hydroxylation sites is 2. The Bertz CT molecular complexity index is 1230. The van der Waals surface area contributed by atoms with Crippen molar-refractivity contribution >= 4 is 28.6 Å². The third-order valence-electron chi connectivity index (χ3n) is 6.26. The average Bonchev–Trinajstić information content (AvgIpc) is 3.19. The lowest BCUT2D eigenvalue weighted by Gasteiger charge is -2.44. The molecule has 0 amide bonds. The molecule has 1 aromatic carbocycles. The van der Waals surface area contributed by atoms with Crippen molar-refractivity contribution in [2.24, 2.45) is 18.0 Å². The average molecular weight is 460 g/mol. The minimum Gasteiger partial charge on any atom is -0.351 e. The molecule has 2 aromatic heterocycles. The van der Waals surface area contributed by atoms with E-state index in [1.807, 2.05) is 49.8 Å². The highest BCUT2D eigenvalue weighted by Crippen LogP contribution is 2.26. The van der Waals surface area contributed by atoms with Gasteiger partial charge in [0.2, 0.25) is 12.2 Å². The molecule has 9 heteroatoms. The lowest BCUT2D eigenvalue weighted by molar-refractivity contribution is 0.224. The van der Waals surface area contributed by atoms with E-state index in [0.29, 0.717) is 18.4 Å². The number of nitrogens with one attached hydrogen (secondary N) is 1. The van der Waals surface area contributed by atoms with E-state index in [4.69, 9.17) is 4.98 Å². The van der Waals surface area contributed by atoms with Gasteiger partial charge in [0.05, 0.1) is 29.0 Å². The molecular weight excluding hydrogens is 426 g/mol. The van der Waals surface area contributed by atoms with Crippen LogP contribution in [0.25, 0.3) is 11.0 Å². The largest absolute Gasteiger partial charge is 0.351 e. The molecule has 1 aliphatic heterocycles. The molecule has 3 heterocycles. The summed E-state index contributed by atoms with van der Waals surface area (Å²) in [5.74, 6) is 2.56. The van der Waals surface area contributed by atoms with Gasteiger partial charge in [0.15, 0.2) is 0 Å². The molecule has 34 heavy (non-hydrogen) atoms. The summed E-state index contributed by atoms with van der Waals surface area (Å²) in [6, 6.07) is 10.1. The van der Waals surface area contributed by atoms with Gasteiger partial charge in [-0.1, -0.05) is 46.8 Å². The predicted molar refractivity (Wildman–Crippen MR) is 136 cm³/mol. The third kappa shape index (κ3) is 4.81. The molecule has 0 spiro atoms. The molecular formula is C25H33N9. The van der Waals surface area contributed by atoms with E-state index in [0.717, 1.165) is 41.5 Å². The maximum Gasteiger partial charge on any atom is 0.215 e. The molecule has 3 aromatic rings. The zero-order chi connectivity index (χ0) is 24.5. The number of guanidine groups is 1. The van der Waals surface area contributed by atoms with Gasteiger partial charge in [0.25, 0.3) is 0 Å². The Balaban J connectivity index is 1.58. The topological polar surface area (TPSA) is 98.3 Å². The smallest absolute Gasteiger partial charge is 0.215 e. The summed E-state index contributed by atoms with van der Waals surface area (Å²) in [6.07, 6.45) is 3.83. The first-order chi connectivity index (χ1) is 16.2. The summed E-state index contributed by atoms with van der Waals surface area (Å²) in [7, 11) is 1.90. The fourth-order valence-electron chi connectivity index (χ4n) is 4.23. The Labute approximate surface area is 201 Å². The van der Waals surface area contributed by atoms with Crippen molar-refractivity contribution in [3.8, 4) is 6.19 Å². The molecule has 1 atom stereocenters. The second kappa shape index (κ2) is 9.29. The maximum atomic E-state index is 9.45. The van der Waals surface area contributed by atoms with Crippen LogP contribution >= 0.6 is 0 Å². The number of anilines is 2. The Hall–Kier alpha value is -3.67. The van der Waals surface area contributed by atoms with Gasteiger partial charge < -0.3 is 15.1 Å². The molecule has 1 fully saturated rings. The van der Waals surface area contributed by atoms with Crippen LogP contribution in [0.5, 0.6) is 0 Å². The predicted octanol–water partition coefficient (Wildman–Crippen LogP) is 3.76. The van der Waals surface area contributed by atoms with Gasteiger partial charge in [0.1, 0.15) is 11.6 Å². The number of hydrogen-bond donors (Lipinski definition) is 1. The van der Waals surface area contributed by atoms with E-state index in [1.165, 1.54) is 0 Å². The fraction of sp³-hybridized carbons (Fsp3) is 0.480. The molecule has 9 nitrogen and oxygen atoms in total. The molecule has 0 saturated carbocycles. The zero-order valence-corrected chi connectivity index (χ0v) is 20.8. The molecule has 1 N–H and O–H groups in total. The van der Waals surface area contributed by atoms with Crippen molar-refractivity contribution in [3.63, 3.8) is 0 Å². The van der Waals surface area contributed by atoms with Crippen molar-refractivity contribution in [3.05, 3.63) is 42.2 Å². The van der Waals surface area contributed by atoms with Crippen LogP contribution in [0.15, 0.2) is 41.5 Å². The first-order valence-electron chi connectivity index (χ1n) is 11.7. The second-order valence-corrected chi connectivity index (χ2v) is 10.1. The first-order valence-corrected chi connectivity index (χ1v) is 11.7. The summed E-state index contributed by atoms with van der Waals surface area (Å²) >= 11 is 0. The summed E-state index contributed by atoms with van der Waals surface area (Å²) in [6.45, 7) is 13.0. The second-order valence-electron chi connectivity index (χ2n) is 10.1. The van der Waals surface area contributed by atoms with Crippen LogP contribution in [0.4, 0.5) is 11.6 Å². The minimum atomic E-state index is -0.0722. The number of aliphatic imine (C=N–C) groups is 1. The van der Waals surface area contributed by atoms with Crippen LogP contribution < -0.4 is 10.2 Å². The van der Waals surface area contributed by atoms with Crippen LogP contribution in [0.2, 0.25) is 0 Å². The van der Waals surface area contributed by atoms with Gasteiger partial charge in [-0.15, -0.1) is 4.99 Å². The van der Waals surface area contributed by atoms with E-state index in [9.17, 15) is 5.26 Å². The van der Waals surface area contributed by atoms with E-state index >= 15 is 0 Å². The summed E-state index contributed by atoms with van der Waals surface area (Å²) in [5, 5.41) is 17.5. The molecule has 4 rings (SSSR count). The molecule has 1 unspecified atom stereocenters. The van der Waals surface area contributed by atoms with Gasteiger partial charge in [-0.3, -0.25) is 9.67 Å². The maximum absolute atomic E-state index is 9.45. The molecule has 0 radical (unpaired) electrons. The summed E-state index contributed by atoms with van der Waals surface area (Å²) in [5.41, 5.74) is 2.69. The number of hydrogen-bond acceptors (Lipinski definition) is 6. The molecule has 1 aliphatic rings. The van der Waals surface area contributed by atoms with Gasteiger partial charge in [-0.2, -0.15) is 10.4 Å². The zero-order valence-electron chi connectivity index (χ0n) is 20.8. The first kappa shape index (κ1) is 23.5. The molecule has 1 saturated heterocycles. The Morgan fingerprint density at radius 3 is 2.59 bits per heavy atom. The monoisotopic (exact) mass is 459 g/mol. The third-order valence-corrected chi connectivity index (χ3v) is 6.26. The number of rotatable bonds is 3. The van der Waals surface area contributed by atoms with Crippen LogP contribution in [-0.2, 0) is 12.5 Å². The van der Waals surface area contributed by atoms with E-state index < -0.39 is 0 Å². The number of nitriles is 1. The van der Waals surface area contributed by atoms with Crippen LogP contribution in [0.3, 0.4) is 0 Å². The van der Waals surface area contributed by atoms with Gasteiger partial charge in [-0.05, 0) is 18.1 Å². The lowest BCUT2D eigenvalue weighted by Crippen LogP contribution is -2.58. The standard InChI is InChI=1S/C25H33N9/c1-17(2)20-15-33(23-14-27-18-9-7-8-10-19(18)29-23)11-12-34(20)24(28-16-26)30-22-13-21(25(3,4)5)31-32(22)6/h7-10,13-14,17,20H,11-12,15H2,1-6H3,(H,28,30). The summed E-state index contributed by atoms with van der Waals surface area (Å²) in [4.78, 5) is 18.1. The number of benzene rings is 1. The Morgan fingerprint density at radius 2 is 1.94 bits per heavy atom. The highest BCUT2D eigenvalue weighted by molar-refractivity contribution is 5.94. The number of aryl methyl sites for hydroxylation is 1. The Kier molecular flexibility index (Phi) is 6.42. The number of nitrogens with zero attached hydrogens (tertiary/aromatic N) is 8. The number of aromatic nitrogens is 4. The van der Waals surface area contributed by atoms with E-state index in [-0.39, 0.29) is 11.5 Å². The van der Waals surface area contributed by atoms with Crippen LogP contribution in [0.1, 0.15) is 40.3 Å². The van der Waals surface area contributed by atoms with E-state index in [1.54, 1.807) is 4.68 Å². The van der Waals surface area contributed by atoms with Gasteiger partial charge >= 0.3 is 0 Å². The number of piperazine rings is 1. The van der Waals surface area contributed by atoms with Crippen molar-refractivity contribution in [2.75, 3.05) is 29.9 Å².